The molecule has 9 heteroatoms. The summed E-state index contributed by atoms with van der Waals surface area (Å²) >= 11 is 0. The van der Waals surface area contributed by atoms with E-state index in [1.807, 2.05) is 13.0 Å². The molecule has 2 bridgehead atoms. The molecule has 4 aliphatic heterocycles. The number of nitrogens with one attached hydrogen (secondary N) is 1. The molecule has 4 saturated heterocycles. The lowest BCUT2D eigenvalue weighted by Crippen LogP contribution is -2.51. The largest absolute Gasteiger partial charge is 0.508 e. The second-order valence-electron chi connectivity index (χ2n) is 16.3. The second kappa shape index (κ2) is 11.0. The number of rotatable bonds is 7. The predicted octanol–water partition coefficient (Wildman–Crippen LogP) is 6.04. The number of phenolic OH excluding ortho intramolecular Hbond substituents is 1. The van der Waals surface area contributed by atoms with Gasteiger partial charge in [0.25, 0.3) is 0 Å². The maximum absolute atomic E-state index is 15.0. The number of phenols is 1. The van der Waals surface area contributed by atoms with Crippen LogP contribution in [0.3, 0.4) is 0 Å². The quantitative estimate of drug-likeness (QED) is 0.232. The smallest absolute Gasteiger partial charge is 0.318 e. The van der Waals surface area contributed by atoms with E-state index in [1.54, 1.807) is 18.2 Å². The Hall–Kier alpha value is -3.97. The van der Waals surface area contributed by atoms with E-state index in [1.165, 1.54) is 18.9 Å². The molecular weight excluding hydrogens is 617 g/mol. The van der Waals surface area contributed by atoms with Gasteiger partial charge in [-0.15, -0.1) is 6.42 Å². The highest BCUT2D eigenvalue weighted by atomic mass is 19.1. The Morgan fingerprint density at radius 2 is 1.78 bits per heavy atom. The third-order valence-electron chi connectivity index (χ3n) is 12.5. The van der Waals surface area contributed by atoms with Crippen molar-refractivity contribution in [3.63, 3.8) is 0 Å². The minimum atomic E-state index is -0.461. The van der Waals surface area contributed by atoms with Gasteiger partial charge < -0.3 is 29.7 Å². The molecule has 2 unspecified atom stereocenters. The van der Waals surface area contributed by atoms with E-state index in [9.17, 15) is 9.50 Å². The van der Waals surface area contributed by atoms with Gasteiger partial charge in [0.1, 0.15) is 17.4 Å². The Morgan fingerprint density at radius 3 is 2.47 bits per heavy atom. The molecule has 9 rings (SSSR count). The third-order valence-corrected chi connectivity index (χ3v) is 12.5. The molecule has 4 aromatic rings. The van der Waals surface area contributed by atoms with Crippen LogP contribution in [0, 0.1) is 41.3 Å². The molecule has 1 saturated carbocycles. The third kappa shape index (κ3) is 5.14. The number of aromatic hydroxyl groups is 1. The van der Waals surface area contributed by atoms with Gasteiger partial charge in [0.05, 0.1) is 30.9 Å². The van der Waals surface area contributed by atoms with Crippen molar-refractivity contribution in [1.29, 1.82) is 0 Å². The fraction of sp³-hybridized carbons (Fsp3) is 0.500. The molecule has 5 fully saturated rings. The molecule has 0 radical (unpaired) electrons. The van der Waals surface area contributed by atoms with Gasteiger partial charge in [-0.2, -0.15) is 9.97 Å². The van der Waals surface area contributed by atoms with Gasteiger partial charge in [-0.3, -0.25) is 0 Å². The number of piperazine rings is 1. The highest BCUT2D eigenvalue weighted by Crippen LogP contribution is 2.54. The summed E-state index contributed by atoms with van der Waals surface area (Å²) in [6.07, 6.45) is 10.4. The molecule has 0 spiro atoms. The molecule has 3 aromatic carbocycles. The SMILES string of the molecule is C#Cc1c(F)ccc2cc(O)cc(-c3cc4nc(OCC5(CN6C[C@@]7(C)COC[C@]7(C)C6)CC5)nc(N5CC6CCC(C5)N6)c4cc3C)c12. The number of likely N-dealkylation sites (tertiary alicyclic amines) is 1. The van der Waals surface area contributed by atoms with Crippen LogP contribution >= 0.6 is 0 Å². The standard InChI is InChI=1S/C40H44FN5O3/c1-5-29-33(41)9-6-25-13-28(47)14-31(35(25)29)30-15-34-32(12-24(30)2)36(46-16-26-7-8-27(17-46)42-26)44-37(43-34)49-23-40(10-11-40)20-45-18-38(3)21-48-22-39(38,4)19-45/h1,6,9,12-15,26-27,42,47H,7-8,10-11,16-23H2,2-4H3/t26?,27?,38-,39-/m0/s1. The molecule has 8 nitrogen and oxygen atoms in total. The van der Waals surface area contributed by atoms with Crippen LogP contribution in [0.1, 0.15) is 50.7 Å². The second-order valence-corrected chi connectivity index (χ2v) is 16.3. The van der Waals surface area contributed by atoms with Gasteiger partial charge in [-0.25, -0.2) is 4.39 Å². The lowest BCUT2D eigenvalue weighted by molar-refractivity contribution is 0.112. The molecule has 5 aliphatic rings. The van der Waals surface area contributed by atoms with Gasteiger partial charge in [-0.05, 0) is 85.0 Å². The lowest BCUT2D eigenvalue weighted by Gasteiger charge is -2.34. The zero-order valence-electron chi connectivity index (χ0n) is 28.6. The van der Waals surface area contributed by atoms with E-state index in [4.69, 9.17) is 25.9 Å². The highest BCUT2D eigenvalue weighted by molar-refractivity contribution is 6.04. The Kier molecular flexibility index (Phi) is 6.98. The van der Waals surface area contributed by atoms with Crippen LogP contribution in [-0.4, -0.2) is 84.6 Å². The van der Waals surface area contributed by atoms with Crippen molar-refractivity contribution in [1.82, 2.24) is 20.2 Å². The first-order valence-corrected chi connectivity index (χ1v) is 17.7. The Morgan fingerprint density at radius 1 is 1.04 bits per heavy atom. The van der Waals surface area contributed by atoms with Gasteiger partial charge in [-0.1, -0.05) is 25.8 Å². The van der Waals surface area contributed by atoms with Gasteiger partial charge >= 0.3 is 6.01 Å². The molecular formula is C40H44FN5O3. The van der Waals surface area contributed by atoms with Gasteiger partial charge in [0, 0.05) is 71.8 Å². The monoisotopic (exact) mass is 661 g/mol. The van der Waals surface area contributed by atoms with Crippen LogP contribution in [0.15, 0.2) is 36.4 Å². The number of aromatic nitrogens is 2. The average molecular weight is 662 g/mol. The van der Waals surface area contributed by atoms with Crippen molar-refractivity contribution < 1.29 is 19.0 Å². The van der Waals surface area contributed by atoms with E-state index < -0.39 is 5.82 Å². The minimum Gasteiger partial charge on any atom is -0.508 e. The first-order valence-electron chi connectivity index (χ1n) is 17.7. The summed E-state index contributed by atoms with van der Waals surface area (Å²) in [6, 6.07) is 11.7. The molecule has 254 valence electrons. The topological polar surface area (TPSA) is 83.0 Å². The summed E-state index contributed by atoms with van der Waals surface area (Å²) in [6.45, 7) is 13.9. The number of fused-ring (bicyclic) bond motifs is 5. The Bertz CT molecular complexity index is 2030. The Balaban J connectivity index is 1.09. The van der Waals surface area contributed by atoms with E-state index >= 15 is 0 Å². The number of terminal acetylenes is 1. The lowest BCUT2D eigenvalue weighted by atomic mass is 9.71. The minimum absolute atomic E-state index is 0.0899. The maximum Gasteiger partial charge on any atom is 0.318 e. The van der Waals surface area contributed by atoms with Gasteiger partial charge in [0.2, 0.25) is 0 Å². The molecule has 4 atom stereocenters. The summed E-state index contributed by atoms with van der Waals surface area (Å²) in [7, 11) is 0. The van der Waals surface area contributed by atoms with Crippen molar-refractivity contribution in [2.45, 2.75) is 58.5 Å². The van der Waals surface area contributed by atoms with Crippen LogP contribution in [-0.2, 0) is 4.74 Å². The van der Waals surface area contributed by atoms with E-state index in [0.29, 0.717) is 41.0 Å². The normalized spacial score (nSPS) is 28.7. The van der Waals surface area contributed by atoms with E-state index in [-0.39, 0.29) is 27.6 Å². The number of anilines is 1. The van der Waals surface area contributed by atoms with Crippen LogP contribution < -0.4 is 15.0 Å². The zero-order valence-corrected chi connectivity index (χ0v) is 28.6. The number of benzene rings is 3. The van der Waals surface area contributed by atoms with Crippen LogP contribution in [0.5, 0.6) is 11.8 Å². The summed E-state index contributed by atoms with van der Waals surface area (Å²) in [4.78, 5) is 15.2. The molecule has 0 amide bonds. The predicted molar refractivity (Wildman–Crippen MR) is 190 cm³/mol. The molecule has 49 heavy (non-hydrogen) atoms. The number of hydrogen-bond acceptors (Lipinski definition) is 8. The fourth-order valence-corrected chi connectivity index (χ4v) is 9.29. The maximum atomic E-state index is 15.0. The van der Waals surface area contributed by atoms with E-state index in [2.05, 4.69) is 41.0 Å². The van der Waals surface area contributed by atoms with E-state index in [0.717, 1.165) is 86.6 Å². The molecule has 5 heterocycles. The summed E-state index contributed by atoms with van der Waals surface area (Å²) in [5.74, 6) is 3.07. The number of aryl methyl sites for hydroxylation is 1. The van der Waals surface area contributed by atoms with Crippen LogP contribution in [0.4, 0.5) is 10.2 Å². The zero-order chi connectivity index (χ0) is 33.7. The summed E-state index contributed by atoms with van der Waals surface area (Å²) < 4.78 is 27.5. The molecule has 1 aliphatic carbocycles. The number of hydrogen-bond donors (Lipinski definition) is 2. The van der Waals surface area contributed by atoms with Crippen molar-refractivity contribution in [2.75, 3.05) is 57.4 Å². The highest BCUT2D eigenvalue weighted by Gasteiger charge is 2.57. The summed E-state index contributed by atoms with van der Waals surface area (Å²) in [5.41, 5.74) is 3.90. The van der Waals surface area contributed by atoms with Gasteiger partial charge in [0.15, 0.2) is 0 Å². The van der Waals surface area contributed by atoms with Crippen molar-refractivity contribution in [2.24, 2.45) is 16.2 Å². The average Bonchev–Trinajstić information content (AvgIpc) is 3.57. The number of ether oxygens (including phenoxy) is 2. The first-order chi connectivity index (χ1) is 23.5. The number of halogens is 1. The summed E-state index contributed by atoms with van der Waals surface area (Å²) in [5, 5.41) is 16.7. The Labute approximate surface area is 287 Å². The molecule has 2 N–H and O–H groups in total. The van der Waals surface area contributed by atoms with Crippen LogP contribution in [0.2, 0.25) is 0 Å². The van der Waals surface area contributed by atoms with Crippen LogP contribution in [0.25, 0.3) is 32.8 Å². The fourth-order valence-electron chi connectivity index (χ4n) is 9.29. The van der Waals surface area contributed by atoms with Crippen molar-refractivity contribution in [3.8, 4) is 35.2 Å². The first kappa shape index (κ1) is 31.0. The van der Waals surface area contributed by atoms with Crippen molar-refractivity contribution >= 4 is 27.5 Å². The molecule has 1 aromatic heterocycles. The van der Waals surface area contributed by atoms with Crippen molar-refractivity contribution in [3.05, 3.63) is 53.3 Å². The number of nitrogens with zero attached hydrogens (tertiary/aromatic N) is 4.